The molecule has 1 aromatic rings. The summed E-state index contributed by atoms with van der Waals surface area (Å²) in [6, 6.07) is 4.46. The number of ether oxygens (including phenoxy) is 2. The van der Waals surface area contributed by atoms with Gasteiger partial charge in [-0.15, -0.1) is 0 Å². The van der Waals surface area contributed by atoms with E-state index in [4.69, 9.17) is 4.74 Å². The van der Waals surface area contributed by atoms with Crippen LogP contribution in [0.3, 0.4) is 0 Å². The summed E-state index contributed by atoms with van der Waals surface area (Å²) in [6.07, 6.45) is -1.49. The van der Waals surface area contributed by atoms with Crippen LogP contribution >= 0.6 is 0 Å². The second-order valence-electron chi connectivity index (χ2n) is 4.35. The topological polar surface area (TPSA) is 55.8 Å². The Morgan fingerprint density at radius 1 is 1.39 bits per heavy atom. The van der Waals surface area contributed by atoms with E-state index in [0.717, 1.165) is 0 Å². The van der Waals surface area contributed by atoms with E-state index in [-0.39, 0.29) is 5.56 Å². The van der Waals surface area contributed by atoms with Gasteiger partial charge in [-0.2, -0.15) is 0 Å². The predicted octanol–water partition coefficient (Wildman–Crippen LogP) is 2.11. The lowest BCUT2D eigenvalue weighted by Crippen LogP contribution is -2.16. The summed E-state index contributed by atoms with van der Waals surface area (Å²) in [5.74, 6) is -0.511. The molecule has 5 heteroatoms. The van der Waals surface area contributed by atoms with Gasteiger partial charge in [-0.1, -0.05) is 6.07 Å². The molecule has 1 aromatic carbocycles. The van der Waals surface area contributed by atoms with Gasteiger partial charge in [-0.05, 0) is 31.5 Å². The fourth-order valence-corrected chi connectivity index (χ4v) is 1.56. The van der Waals surface area contributed by atoms with E-state index in [0.29, 0.717) is 11.3 Å². The molecule has 0 saturated heterocycles. The second-order valence-corrected chi connectivity index (χ2v) is 4.35. The van der Waals surface area contributed by atoms with Gasteiger partial charge >= 0.3 is 5.97 Å². The van der Waals surface area contributed by atoms with Crippen molar-refractivity contribution < 1.29 is 23.8 Å². The lowest BCUT2D eigenvalue weighted by atomic mass is 9.95. The fraction of sp³-hybridized carbons (Fsp3) is 0.462. The van der Waals surface area contributed by atoms with Crippen LogP contribution in [0.25, 0.3) is 0 Å². The SMILES string of the molecule is COC(=O)C(O)c1cc(C(C)(C)F)ccc1OC. The Morgan fingerprint density at radius 2 is 2.00 bits per heavy atom. The summed E-state index contributed by atoms with van der Waals surface area (Å²) < 4.78 is 23.3. The van der Waals surface area contributed by atoms with E-state index < -0.39 is 17.7 Å². The number of methoxy groups -OCH3 is 2. The number of esters is 1. The van der Waals surface area contributed by atoms with Crippen molar-refractivity contribution in [1.29, 1.82) is 0 Å². The predicted molar refractivity (Wildman–Crippen MR) is 64.1 cm³/mol. The van der Waals surface area contributed by atoms with Crippen LogP contribution in [0.15, 0.2) is 18.2 Å². The summed E-state index contributed by atoms with van der Waals surface area (Å²) in [5.41, 5.74) is -1.04. The molecule has 0 radical (unpaired) electrons. The highest BCUT2D eigenvalue weighted by atomic mass is 19.1. The minimum atomic E-state index is -1.57. The maximum absolute atomic E-state index is 13.8. The van der Waals surface area contributed by atoms with Crippen LogP contribution in [0.5, 0.6) is 5.75 Å². The Morgan fingerprint density at radius 3 is 2.44 bits per heavy atom. The summed E-state index contributed by atoms with van der Waals surface area (Å²) in [7, 11) is 2.57. The van der Waals surface area contributed by atoms with Crippen molar-refractivity contribution in [3.8, 4) is 5.75 Å². The van der Waals surface area contributed by atoms with Crippen LogP contribution in [0.2, 0.25) is 0 Å². The number of aliphatic hydroxyl groups is 1. The zero-order valence-electron chi connectivity index (χ0n) is 10.9. The maximum atomic E-state index is 13.8. The molecule has 0 heterocycles. The van der Waals surface area contributed by atoms with Crippen LogP contribution in [0.1, 0.15) is 31.1 Å². The monoisotopic (exact) mass is 256 g/mol. The molecule has 0 spiro atoms. The molecule has 18 heavy (non-hydrogen) atoms. The average molecular weight is 256 g/mol. The molecule has 0 aliphatic carbocycles. The normalized spacial score (nSPS) is 13.0. The number of benzene rings is 1. The molecule has 100 valence electrons. The summed E-state index contributed by atoms with van der Waals surface area (Å²) in [4.78, 5) is 11.3. The van der Waals surface area contributed by atoms with E-state index in [1.165, 1.54) is 40.2 Å². The van der Waals surface area contributed by atoms with Crippen LogP contribution in [0, 0.1) is 0 Å². The minimum Gasteiger partial charge on any atom is -0.496 e. The van der Waals surface area contributed by atoms with Crippen LogP contribution in [0.4, 0.5) is 4.39 Å². The van der Waals surface area contributed by atoms with Crippen molar-refractivity contribution >= 4 is 5.97 Å². The number of halogens is 1. The van der Waals surface area contributed by atoms with Gasteiger partial charge in [0.2, 0.25) is 0 Å². The molecule has 0 bridgehead atoms. The number of aliphatic hydroxyl groups excluding tert-OH is 1. The van der Waals surface area contributed by atoms with Gasteiger partial charge in [-0.25, -0.2) is 9.18 Å². The highest BCUT2D eigenvalue weighted by molar-refractivity contribution is 5.77. The Hall–Kier alpha value is -1.62. The first-order valence-corrected chi connectivity index (χ1v) is 5.44. The smallest absolute Gasteiger partial charge is 0.339 e. The molecule has 0 aliphatic heterocycles. The molecule has 0 aliphatic rings. The van der Waals surface area contributed by atoms with E-state index in [1.54, 1.807) is 6.07 Å². The summed E-state index contributed by atoms with van der Waals surface area (Å²) in [5, 5.41) is 9.81. The van der Waals surface area contributed by atoms with Crippen molar-refractivity contribution in [2.24, 2.45) is 0 Å². The van der Waals surface area contributed by atoms with Crippen molar-refractivity contribution in [3.63, 3.8) is 0 Å². The largest absolute Gasteiger partial charge is 0.496 e. The third-order valence-electron chi connectivity index (χ3n) is 2.64. The minimum absolute atomic E-state index is 0.188. The number of rotatable bonds is 4. The lowest BCUT2D eigenvalue weighted by Gasteiger charge is -2.19. The Balaban J connectivity index is 3.26. The molecular formula is C13H17FO4. The average Bonchev–Trinajstić information content (AvgIpc) is 2.35. The fourth-order valence-electron chi connectivity index (χ4n) is 1.56. The Kier molecular flexibility index (Phi) is 4.29. The number of alkyl halides is 1. The van der Waals surface area contributed by atoms with Gasteiger partial charge in [0.15, 0.2) is 6.10 Å². The van der Waals surface area contributed by atoms with Crippen molar-refractivity contribution in [1.82, 2.24) is 0 Å². The van der Waals surface area contributed by atoms with Crippen molar-refractivity contribution in [3.05, 3.63) is 29.3 Å². The molecule has 1 N–H and O–H groups in total. The molecule has 1 unspecified atom stereocenters. The number of hydrogen-bond donors (Lipinski definition) is 1. The maximum Gasteiger partial charge on any atom is 0.339 e. The molecule has 0 aromatic heterocycles. The lowest BCUT2D eigenvalue weighted by molar-refractivity contribution is -0.150. The zero-order valence-corrected chi connectivity index (χ0v) is 10.9. The highest BCUT2D eigenvalue weighted by Crippen LogP contribution is 2.32. The zero-order chi connectivity index (χ0) is 13.9. The van der Waals surface area contributed by atoms with E-state index in [2.05, 4.69) is 4.74 Å². The summed E-state index contributed by atoms with van der Waals surface area (Å²) >= 11 is 0. The van der Waals surface area contributed by atoms with Crippen LogP contribution in [-0.4, -0.2) is 25.3 Å². The molecule has 1 atom stereocenters. The Bertz CT molecular complexity index is 437. The van der Waals surface area contributed by atoms with Gasteiger partial charge in [0.1, 0.15) is 11.4 Å². The molecule has 4 nitrogen and oxygen atoms in total. The third kappa shape index (κ3) is 2.98. The Labute approximate surface area is 105 Å². The van der Waals surface area contributed by atoms with Gasteiger partial charge in [0.05, 0.1) is 14.2 Å². The van der Waals surface area contributed by atoms with Crippen LogP contribution in [-0.2, 0) is 15.2 Å². The first-order valence-electron chi connectivity index (χ1n) is 5.44. The third-order valence-corrected chi connectivity index (χ3v) is 2.64. The molecule has 0 saturated carbocycles. The highest BCUT2D eigenvalue weighted by Gasteiger charge is 2.26. The van der Waals surface area contributed by atoms with E-state index >= 15 is 0 Å². The molecule has 0 amide bonds. The van der Waals surface area contributed by atoms with Crippen LogP contribution < -0.4 is 4.74 Å². The second kappa shape index (κ2) is 5.35. The van der Waals surface area contributed by atoms with Gasteiger partial charge in [0, 0.05) is 5.56 Å². The van der Waals surface area contributed by atoms with E-state index in [1.807, 2.05) is 0 Å². The van der Waals surface area contributed by atoms with Gasteiger partial charge < -0.3 is 14.6 Å². The molecule has 0 fully saturated rings. The summed E-state index contributed by atoms with van der Waals surface area (Å²) in [6.45, 7) is 2.78. The number of carbonyl (C=O) groups excluding carboxylic acids is 1. The number of carbonyl (C=O) groups is 1. The standard InChI is InChI=1S/C13H17FO4/c1-13(2,14)8-5-6-10(17-3)9(7-8)11(15)12(16)18-4/h5-7,11,15H,1-4H3. The molecule has 1 rings (SSSR count). The molecular weight excluding hydrogens is 239 g/mol. The van der Waals surface area contributed by atoms with Crippen molar-refractivity contribution in [2.75, 3.05) is 14.2 Å². The van der Waals surface area contributed by atoms with E-state index in [9.17, 15) is 14.3 Å². The quantitative estimate of drug-likeness (QED) is 0.838. The first-order chi connectivity index (χ1) is 8.31. The van der Waals surface area contributed by atoms with Gasteiger partial charge in [0.25, 0.3) is 0 Å². The first kappa shape index (κ1) is 14.4. The van der Waals surface area contributed by atoms with Gasteiger partial charge in [-0.3, -0.25) is 0 Å². The van der Waals surface area contributed by atoms with Crippen molar-refractivity contribution in [2.45, 2.75) is 25.6 Å². The number of hydrogen-bond acceptors (Lipinski definition) is 4.